The predicted octanol–water partition coefficient (Wildman–Crippen LogP) is -0.0419. The molecule has 0 aromatic heterocycles. The first kappa shape index (κ1) is 19.9. The van der Waals surface area contributed by atoms with Gasteiger partial charge in [-0.25, -0.2) is 13.1 Å². The summed E-state index contributed by atoms with van der Waals surface area (Å²) in [6.07, 6.45) is -0.0379. The van der Waals surface area contributed by atoms with Crippen LogP contribution in [-0.4, -0.2) is 58.9 Å². The van der Waals surface area contributed by atoms with Crippen LogP contribution in [0, 0.1) is 0 Å². The molecular formula is C15H23N3O5S. The van der Waals surface area contributed by atoms with Crippen LogP contribution in [0.25, 0.3) is 0 Å². The number of amides is 2. The topological polar surface area (TPSA) is 105 Å². The second-order valence-electron chi connectivity index (χ2n) is 4.98. The third-order valence-electron chi connectivity index (χ3n) is 3.16. The van der Waals surface area contributed by atoms with Gasteiger partial charge < -0.3 is 15.0 Å². The van der Waals surface area contributed by atoms with E-state index in [1.165, 1.54) is 31.1 Å². The van der Waals surface area contributed by atoms with Gasteiger partial charge in [0.25, 0.3) is 0 Å². The fourth-order valence-electron chi connectivity index (χ4n) is 1.83. The van der Waals surface area contributed by atoms with Crippen molar-refractivity contribution in [2.24, 2.45) is 0 Å². The summed E-state index contributed by atoms with van der Waals surface area (Å²) in [5.74, 6) is -0.0312. The van der Waals surface area contributed by atoms with Crippen molar-refractivity contribution < 1.29 is 22.7 Å². The fraction of sp³-hybridized carbons (Fsp3) is 0.467. The number of carbonyl (C=O) groups excluding carboxylic acids is 2. The molecule has 0 radical (unpaired) electrons. The minimum atomic E-state index is -3.70. The molecule has 1 rings (SSSR count). The highest BCUT2D eigenvalue weighted by molar-refractivity contribution is 7.89. The highest BCUT2D eigenvalue weighted by atomic mass is 32.2. The summed E-state index contributed by atoms with van der Waals surface area (Å²) in [6, 6.07) is 6.01. The summed E-state index contributed by atoms with van der Waals surface area (Å²) in [5.41, 5.74) is 0. The van der Waals surface area contributed by atoms with Crippen LogP contribution in [-0.2, 0) is 19.6 Å². The number of nitrogens with zero attached hydrogens (tertiary/aromatic N) is 1. The third-order valence-corrected chi connectivity index (χ3v) is 4.64. The Labute approximate surface area is 142 Å². The lowest BCUT2D eigenvalue weighted by atomic mass is 10.3. The molecule has 0 unspecified atom stereocenters. The lowest BCUT2D eigenvalue weighted by Crippen LogP contribution is -2.38. The highest BCUT2D eigenvalue weighted by Crippen LogP contribution is 2.15. The SMILES string of the molecule is CCOc1ccc(S(=O)(=O)NCCC(=O)N(C)CC(=O)NC)cc1. The van der Waals surface area contributed by atoms with Crippen molar-refractivity contribution in [3.05, 3.63) is 24.3 Å². The van der Waals surface area contributed by atoms with Crippen molar-refractivity contribution in [2.75, 3.05) is 33.8 Å². The minimum absolute atomic E-state index is 0.0379. The molecule has 0 aliphatic carbocycles. The molecule has 0 spiro atoms. The summed E-state index contributed by atoms with van der Waals surface area (Å²) in [5, 5.41) is 2.41. The third kappa shape index (κ3) is 6.17. The number of benzene rings is 1. The van der Waals surface area contributed by atoms with Crippen LogP contribution < -0.4 is 14.8 Å². The Morgan fingerprint density at radius 3 is 2.38 bits per heavy atom. The van der Waals surface area contributed by atoms with Gasteiger partial charge in [-0.1, -0.05) is 0 Å². The molecule has 0 atom stereocenters. The highest BCUT2D eigenvalue weighted by Gasteiger charge is 2.16. The molecule has 2 N–H and O–H groups in total. The van der Waals surface area contributed by atoms with Crippen LogP contribution in [0.3, 0.4) is 0 Å². The molecule has 0 saturated carbocycles. The Kier molecular flexibility index (Phi) is 7.66. The van der Waals surface area contributed by atoms with E-state index in [-0.39, 0.29) is 36.2 Å². The molecule has 2 amide bonds. The molecule has 8 nitrogen and oxygen atoms in total. The Hall–Kier alpha value is -2.13. The summed E-state index contributed by atoms with van der Waals surface area (Å²) in [6.45, 7) is 2.22. The number of hydrogen-bond acceptors (Lipinski definition) is 5. The van der Waals surface area contributed by atoms with Crippen molar-refractivity contribution in [1.82, 2.24) is 14.9 Å². The van der Waals surface area contributed by atoms with Gasteiger partial charge in [-0.15, -0.1) is 0 Å². The summed E-state index contributed by atoms with van der Waals surface area (Å²) in [7, 11) is -0.734. The van der Waals surface area contributed by atoms with E-state index in [9.17, 15) is 18.0 Å². The van der Waals surface area contributed by atoms with Crippen molar-refractivity contribution in [2.45, 2.75) is 18.2 Å². The molecule has 0 aliphatic heterocycles. The number of carbonyl (C=O) groups is 2. The number of sulfonamides is 1. The number of ether oxygens (including phenoxy) is 1. The Bertz CT molecular complexity index is 658. The molecule has 1 aromatic carbocycles. The minimum Gasteiger partial charge on any atom is -0.494 e. The van der Waals surface area contributed by atoms with Crippen molar-refractivity contribution in [1.29, 1.82) is 0 Å². The standard InChI is InChI=1S/C15H23N3O5S/c1-4-23-12-5-7-13(8-6-12)24(21,22)17-10-9-15(20)18(3)11-14(19)16-2/h5-8,17H,4,9-11H2,1-3H3,(H,16,19). The molecule has 0 aliphatic rings. The monoisotopic (exact) mass is 357 g/mol. The first-order chi connectivity index (χ1) is 11.3. The van der Waals surface area contributed by atoms with Crippen LogP contribution in [0.4, 0.5) is 0 Å². The lowest BCUT2D eigenvalue weighted by molar-refractivity contribution is -0.134. The number of likely N-dealkylation sites (N-methyl/N-ethyl adjacent to an activating group) is 2. The van der Waals surface area contributed by atoms with Crippen LogP contribution in [0.1, 0.15) is 13.3 Å². The van der Waals surface area contributed by atoms with Gasteiger partial charge in [0.1, 0.15) is 5.75 Å². The predicted molar refractivity (Wildman–Crippen MR) is 89.1 cm³/mol. The van der Waals surface area contributed by atoms with Crippen molar-refractivity contribution in [3.63, 3.8) is 0 Å². The van der Waals surface area contributed by atoms with E-state index in [4.69, 9.17) is 4.74 Å². The molecule has 9 heteroatoms. The fourth-order valence-corrected chi connectivity index (χ4v) is 2.86. The normalized spacial score (nSPS) is 11.0. The molecule has 0 bridgehead atoms. The summed E-state index contributed by atoms with van der Waals surface area (Å²) in [4.78, 5) is 24.4. The number of rotatable bonds is 9. The second-order valence-corrected chi connectivity index (χ2v) is 6.74. The zero-order valence-corrected chi connectivity index (χ0v) is 14.9. The molecule has 0 heterocycles. The average Bonchev–Trinajstić information content (AvgIpc) is 2.55. The van der Waals surface area contributed by atoms with E-state index in [0.717, 1.165) is 0 Å². The van der Waals surface area contributed by atoms with Crippen LogP contribution in [0.5, 0.6) is 5.75 Å². The molecular weight excluding hydrogens is 334 g/mol. The van der Waals surface area contributed by atoms with E-state index < -0.39 is 10.0 Å². The number of hydrogen-bond donors (Lipinski definition) is 2. The molecule has 134 valence electrons. The van der Waals surface area contributed by atoms with Gasteiger partial charge in [0.05, 0.1) is 18.0 Å². The second kappa shape index (κ2) is 9.24. The van der Waals surface area contributed by atoms with Gasteiger partial charge in [0.2, 0.25) is 21.8 Å². The Balaban J connectivity index is 2.53. The Morgan fingerprint density at radius 1 is 1.21 bits per heavy atom. The maximum atomic E-state index is 12.1. The van der Waals surface area contributed by atoms with E-state index in [1.54, 1.807) is 12.1 Å². The lowest BCUT2D eigenvalue weighted by Gasteiger charge is -2.16. The summed E-state index contributed by atoms with van der Waals surface area (Å²) < 4.78 is 31.9. The zero-order valence-electron chi connectivity index (χ0n) is 14.0. The maximum Gasteiger partial charge on any atom is 0.240 e. The van der Waals surface area contributed by atoms with Crippen LogP contribution >= 0.6 is 0 Å². The largest absolute Gasteiger partial charge is 0.494 e. The smallest absolute Gasteiger partial charge is 0.240 e. The van der Waals surface area contributed by atoms with E-state index in [2.05, 4.69) is 10.0 Å². The van der Waals surface area contributed by atoms with E-state index in [1.807, 2.05) is 6.92 Å². The molecule has 1 aromatic rings. The molecule has 24 heavy (non-hydrogen) atoms. The van der Waals surface area contributed by atoms with Crippen LogP contribution in [0.15, 0.2) is 29.2 Å². The van der Waals surface area contributed by atoms with Gasteiger partial charge in [-0.2, -0.15) is 0 Å². The maximum absolute atomic E-state index is 12.1. The first-order valence-corrected chi connectivity index (χ1v) is 8.95. The van der Waals surface area contributed by atoms with Crippen molar-refractivity contribution >= 4 is 21.8 Å². The van der Waals surface area contributed by atoms with Gasteiger partial charge in [0.15, 0.2) is 0 Å². The average molecular weight is 357 g/mol. The quantitative estimate of drug-likeness (QED) is 0.645. The summed E-state index contributed by atoms with van der Waals surface area (Å²) >= 11 is 0. The van der Waals surface area contributed by atoms with Crippen molar-refractivity contribution in [3.8, 4) is 5.75 Å². The molecule has 0 saturated heterocycles. The van der Waals surface area contributed by atoms with E-state index in [0.29, 0.717) is 12.4 Å². The first-order valence-electron chi connectivity index (χ1n) is 7.47. The van der Waals surface area contributed by atoms with Gasteiger partial charge in [-0.3, -0.25) is 9.59 Å². The van der Waals surface area contributed by atoms with Gasteiger partial charge in [0, 0.05) is 27.1 Å². The number of nitrogens with one attached hydrogen (secondary N) is 2. The van der Waals surface area contributed by atoms with Gasteiger partial charge in [-0.05, 0) is 31.2 Å². The zero-order chi connectivity index (χ0) is 18.2. The van der Waals surface area contributed by atoms with Gasteiger partial charge >= 0.3 is 0 Å². The Morgan fingerprint density at radius 2 is 1.83 bits per heavy atom. The molecule has 0 fully saturated rings. The van der Waals surface area contributed by atoms with E-state index >= 15 is 0 Å². The van der Waals surface area contributed by atoms with Crippen LogP contribution in [0.2, 0.25) is 0 Å².